The van der Waals surface area contributed by atoms with Gasteiger partial charge in [-0.2, -0.15) is 0 Å². The van der Waals surface area contributed by atoms with Gasteiger partial charge in [-0.25, -0.2) is 0 Å². The number of hydrogen-bond acceptors (Lipinski definition) is 4. The zero-order valence-corrected chi connectivity index (χ0v) is 10.5. The SMILES string of the molecule is [B]C1(NCCCCN)[B]C1([B])NCCCCN. The van der Waals surface area contributed by atoms with Gasteiger partial charge in [-0.3, -0.25) is 0 Å². The number of nitrogens with two attached hydrogens (primary N) is 2. The summed E-state index contributed by atoms with van der Waals surface area (Å²) in [5, 5.41) is 5.35. The summed E-state index contributed by atoms with van der Waals surface area (Å²) >= 11 is 0. The number of unbranched alkanes of at least 4 members (excludes halogenated alkanes) is 2. The van der Waals surface area contributed by atoms with Crippen LogP contribution in [0.15, 0.2) is 0 Å². The van der Waals surface area contributed by atoms with Crippen LogP contribution in [-0.2, 0) is 0 Å². The molecule has 0 bridgehead atoms. The first-order chi connectivity index (χ1) is 8.08. The van der Waals surface area contributed by atoms with E-state index in [1.807, 2.05) is 7.28 Å². The summed E-state index contributed by atoms with van der Waals surface area (Å²) < 4.78 is 0. The Bertz CT molecular complexity index is 210. The summed E-state index contributed by atoms with van der Waals surface area (Å²) in [6.45, 7) is 3.11. The molecule has 7 heteroatoms. The summed E-state index contributed by atoms with van der Waals surface area (Å²) in [6, 6.07) is 0. The van der Waals surface area contributed by atoms with Crippen LogP contribution in [0.1, 0.15) is 25.7 Å². The quantitative estimate of drug-likeness (QED) is 0.259. The van der Waals surface area contributed by atoms with Crippen molar-refractivity contribution < 1.29 is 0 Å². The molecule has 5 radical (unpaired) electrons. The first-order valence-electron chi connectivity index (χ1n) is 6.43. The molecule has 0 aromatic heterocycles. The number of nitrogens with one attached hydrogen (secondary N) is 2. The first-order valence-corrected chi connectivity index (χ1v) is 6.43. The Balaban J connectivity index is 2.14. The predicted octanol–water partition coefficient (Wildman–Crippen LogP) is -1.99. The summed E-state index contributed by atoms with van der Waals surface area (Å²) in [4.78, 5) is 0. The van der Waals surface area contributed by atoms with Crippen LogP contribution in [0.25, 0.3) is 0 Å². The Morgan fingerprint density at radius 3 is 1.59 bits per heavy atom. The van der Waals surface area contributed by atoms with Crippen LogP contribution in [-0.4, -0.2) is 59.8 Å². The van der Waals surface area contributed by atoms with Crippen LogP contribution < -0.4 is 22.1 Å². The van der Waals surface area contributed by atoms with Gasteiger partial charge < -0.3 is 22.1 Å². The van der Waals surface area contributed by atoms with Crippen molar-refractivity contribution >= 4 is 23.0 Å². The van der Waals surface area contributed by atoms with Gasteiger partial charge in [-0.05, 0) is 62.5 Å². The Kier molecular flexibility index (Phi) is 6.07. The Morgan fingerprint density at radius 2 is 1.24 bits per heavy atom. The van der Waals surface area contributed by atoms with Crippen molar-refractivity contribution in [2.24, 2.45) is 11.5 Å². The second-order valence-corrected chi connectivity index (χ2v) is 4.73. The van der Waals surface area contributed by atoms with Gasteiger partial charge in [0.15, 0.2) is 0 Å². The smallest absolute Gasteiger partial charge is 0.140 e. The Hall–Kier alpha value is 0.0348. The highest BCUT2D eigenvalue weighted by Crippen LogP contribution is 2.32. The minimum absolute atomic E-state index is 0.579. The molecule has 1 aliphatic rings. The van der Waals surface area contributed by atoms with Crippen LogP contribution in [0.4, 0.5) is 0 Å². The van der Waals surface area contributed by atoms with E-state index in [0.717, 1.165) is 38.8 Å². The minimum Gasteiger partial charge on any atom is -0.330 e. The molecule has 1 rings (SSSR count). The van der Waals surface area contributed by atoms with E-state index in [-0.39, 0.29) is 0 Å². The lowest BCUT2D eigenvalue weighted by molar-refractivity contribution is 0.513. The van der Waals surface area contributed by atoms with Crippen LogP contribution in [0.2, 0.25) is 0 Å². The maximum atomic E-state index is 6.11. The summed E-state index contributed by atoms with van der Waals surface area (Å²) in [6.07, 6.45) is 4.05. The fourth-order valence-corrected chi connectivity index (χ4v) is 1.85. The van der Waals surface area contributed by atoms with Gasteiger partial charge in [0.2, 0.25) is 0 Å². The second-order valence-electron chi connectivity index (χ2n) is 4.73. The third kappa shape index (κ3) is 4.32. The van der Waals surface area contributed by atoms with E-state index in [9.17, 15) is 0 Å². The largest absolute Gasteiger partial charge is 0.330 e. The van der Waals surface area contributed by atoms with Crippen molar-refractivity contribution in [3.63, 3.8) is 0 Å². The average molecular weight is 231 g/mol. The Labute approximate surface area is 108 Å². The van der Waals surface area contributed by atoms with Crippen molar-refractivity contribution in [3.8, 4) is 0 Å². The molecule has 0 amide bonds. The molecule has 17 heavy (non-hydrogen) atoms. The number of hydrogen-bond donors (Lipinski definition) is 4. The molecule has 91 valence electrons. The molecular weight excluding hydrogens is 209 g/mol. The lowest BCUT2D eigenvalue weighted by Crippen LogP contribution is -2.49. The Morgan fingerprint density at radius 1 is 0.824 bits per heavy atom. The molecule has 1 saturated heterocycles. The second kappa shape index (κ2) is 6.83. The molecule has 2 atom stereocenters. The molecule has 2 unspecified atom stereocenters. The van der Waals surface area contributed by atoms with E-state index in [4.69, 9.17) is 27.2 Å². The number of rotatable bonds is 10. The maximum absolute atomic E-state index is 6.11. The van der Waals surface area contributed by atoms with Gasteiger partial charge in [0.25, 0.3) is 0 Å². The lowest BCUT2D eigenvalue weighted by Gasteiger charge is -2.24. The third-order valence-electron chi connectivity index (χ3n) is 3.15. The lowest BCUT2D eigenvalue weighted by atomic mass is 9.77. The maximum Gasteiger partial charge on any atom is 0.140 e. The van der Waals surface area contributed by atoms with Gasteiger partial charge in [-0.15, -0.1) is 0 Å². The normalized spacial score (nSPS) is 31.2. The highest BCUT2D eigenvalue weighted by Gasteiger charge is 2.59. The summed E-state index contributed by atoms with van der Waals surface area (Å²) in [5.74, 6) is 0. The van der Waals surface area contributed by atoms with Crippen molar-refractivity contribution in [2.45, 2.75) is 36.4 Å². The zero-order chi connectivity index (χ0) is 12.8. The summed E-state index contributed by atoms with van der Waals surface area (Å²) in [5.41, 5.74) is 10.9. The average Bonchev–Trinajstić information content (AvgIpc) is 2.84. The summed E-state index contributed by atoms with van der Waals surface area (Å²) in [7, 11) is 14.1. The molecule has 1 fully saturated rings. The van der Waals surface area contributed by atoms with E-state index >= 15 is 0 Å². The van der Waals surface area contributed by atoms with Gasteiger partial charge in [0.1, 0.15) is 7.28 Å². The molecule has 0 aromatic carbocycles. The highest BCUT2D eigenvalue weighted by atomic mass is 15.1. The van der Waals surface area contributed by atoms with Crippen molar-refractivity contribution in [1.29, 1.82) is 0 Å². The van der Waals surface area contributed by atoms with Gasteiger partial charge in [0.05, 0.1) is 15.7 Å². The molecule has 0 spiro atoms. The molecule has 1 aliphatic heterocycles. The topological polar surface area (TPSA) is 76.1 Å². The minimum atomic E-state index is -0.579. The molecular formula is C10H22B3N4. The van der Waals surface area contributed by atoms with Crippen molar-refractivity contribution in [3.05, 3.63) is 0 Å². The van der Waals surface area contributed by atoms with Crippen LogP contribution >= 0.6 is 0 Å². The predicted molar refractivity (Wildman–Crippen MR) is 75.3 cm³/mol. The van der Waals surface area contributed by atoms with Crippen LogP contribution in [0, 0.1) is 0 Å². The fourth-order valence-electron chi connectivity index (χ4n) is 1.85. The standard InChI is InChI=1S/C10H22B3N4/c11-9(16-7-3-1-5-14)10(12,13-9)17-8-4-2-6-15/h16-17H,1-8,14-15H2. The fraction of sp³-hybridized carbons (Fsp3) is 1.00. The van der Waals surface area contributed by atoms with E-state index < -0.39 is 10.7 Å². The van der Waals surface area contributed by atoms with Gasteiger partial charge >= 0.3 is 0 Å². The monoisotopic (exact) mass is 231 g/mol. The van der Waals surface area contributed by atoms with Crippen molar-refractivity contribution in [1.82, 2.24) is 10.6 Å². The van der Waals surface area contributed by atoms with Gasteiger partial charge in [-0.1, -0.05) is 0 Å². The zero-order valence-electron chi connectivity index (χ0n) is 10.5. The van der Waals surface area contributed by atoms with Crippen molar-refractivity contribution in [2.75, 3.05) is 26.2 Å². The molecule has 0 aromatic rings. The van der Waals surface area contributed by atoms with Crippen LogP contribution in [0.5, 0.6) is 0 Å². The molecule has 4 nitrogen and oxygen atoms in total. The molecule has 6 N–H and O–H groups in total. The van der Waals surface area contributed by atoms with E-state index in [1.54, 1.807) is 0 Å². The van der Waals surface area contributed by atoms with E-state index in [0.29, 0.717) is 13.1 Å². The van der Waals surface area contributed by atoms with Gasteiger partial charge in [0, 0.05) is 0 Å². The first kappa shape index (κ1) is 15.1. The van der Waals surface area contributed by atoms with E-state index in [2.05, 4.69) is 10.6 Å². The molecule has 1 heterocycles. The van der Waals surface area contributed by atoms with Crippen LogP contribution in [0.3, 0.4) is 0 Å². The third-order valence-corrected chi connectivity index (χ3v) is 3.15. The van der Waals surface area contributed by atoms with E-state index in [1.165, 1.54) is 0 Å². The molecule has 0 saturated carbocycles. The molecule has 0 aliphatic carbocycles. The highest BCUT2D eigenvalue weighted by molar-refractivity contribution is 6.81.